The second kappa shape index (κ2) is 8.66. The molecule has 0 aromatic heterocycles. The van der Waals surface area contributed by atoms with E-state index in [0.29, 0.717) is 22.6 Å². The molecule has 0 atom stereocenters. The zero-order chi connectivity index (χ0) is 18.4. The summed E-state index contributed by atoms with van der Waals surface area (Å²) in [5.74, 6) is 0.715. The van der Waals surface area contributed by atoms with Crippen LogP contribution in [0.2, 0.25) is 0 Å². The van der Waals surface area contributed by atoms with Gasteiger partial charge in [0.25, 0.3) is 0 Å². The van der Waals surface area contributed by atoms with E-state index in [1.807, 2.05) is 30.3 Å². The Morgan fingerprint density at radius 2 is 1.68 bits per heavy atom. The minimum atomic E-state index is -3.63. The van der Waals surface area contributed by atoms with Crippen molar-refractivity contribution in [3.05, 3.63) is 52.5 Å². The highest BCUT2D eigenvalue weighted by molar-refractivity contribution is 9.10. The Labute approximate surface area is 156 Å². The summed E-state index contributed by atoms with van der Waals surface area (Å²) in [6.07, 6.45) is 0. The Kier molecular flexibility index (Phi) is 6.83. The molecule has 8 heteroatoms. The van der Waals surface area contributed by atoms with E-state index in [1.165, 1.54) is 27.3 Å². The average Bonchev–Trinajstić information content (AvgIpc) is 2.59. The van der Waals surface area contributed by atoms with Crippen LogP contribution in [0.1, 0.15) is 5.56 Å². The van der Waals surface area contributed by atoms with Gasteiger partial charge in [0.15, 0.2) is 18.3 Å². The highest BCUT2D eigenvalue weighted by Crippen LogP contribution is 2.37. The fraction of sp³-hybridized carbons (Fsp3) is 0.294. The van der Waals surface area contributed by atoms with E-state index in [9.17, 15) is 8.42 Å². The van der Waals surface area contributed by atoms with Crippen molar-refractivity contribution in [3.8, 4) is 11.5 Å². The molecule has 0 N–H and O–H groups in total. The smallest absolute Gasteiger partial charge is 0.243 e. The molecule has 0 aliphatic heterocycles. The second-order valence-electron chi connectivity index (χ2n) is 5.34. The normalized spacial score (nSPS) is 11.6. The fourth-order valence-electron chi connectivity index (χ4n) is 1.99. The van der Waals surface area contributed by atoms with E-state index in [-0.39, 0.29) is 11.7 Å². The maximum absolute atomic E-state index is 12.4. The summed E-state index contributed by atoms with van der Waals surface area (Å²) in [5, 5.41) is 0. The minimum absolute atomic E-state index is 0.0230. The SMILES string of the molecule is COCOc1cc(S(=O)(=O)N(C)C)c(Br)cc1OCc1ccccc1. The molecule has 0 saturated heterocycles. The van der Waals surface area contributed by atoms with E-state index >= 15 is 0 Å². The van der Waals surface area contributed by atoms with Crippen LogP contribution in [0, 0.1) is 0 Å². The quantitative estimate of drug-likeness (QED) is 0.602. The number of sulfonamides is 1. The monoisotopic (exact) mass is 429 g/mol. The van der Waals surface area contributed by atoms with Gasteiger partial charge in [-0.05, 0) is 27.6 Å². The van der Waals surface area contributed by atoms with Crippen molar-refractivity contribution in [1.29, 1.82) is 0 Å². The van der Waals surface area contributed by atoms with Crippen molar-refractivity contribution >= 4 is 26.0 Å². The number of hydrogen-bond donors (Lipinski definition) is 0. The summed E-state index contributed by atoms with van der Waals surface area (Å²) >= 11 is 3.31. The van der Waals surface area contributed by atoms with Crippen LogP contribution in [0.4, 0.5) is 0 Å². The zero-order valence-electron chi connectivity index (χ0n) is 14.2. The van der Waals surface area contributed by atoms with Crippen molar-refractivity contribution in [1.82, 2.24) is 4.31 Å². The molecule has 25 heavy (non-hydrogen) atoms. The molecule has 2 rings (SSSR count). The molecule has 0 unspecified atom stereocenters. The highest BCUT2D eigenvalue weighted by atomic mass is 79.9. The van der Waals surface area contributed by atoms with Gasteiger partial charge in [-0.3, -0.25) is 0 Å². The molecule has 0 amide bonds. The first-order valence-electron chi connectivity index (χ1n) is 7.40. The molecular weight excluding hydrogens is 410 g/mol. The summed E-state index contributed by atoms with van der Waals surface area (Å²) in [4.78, 5) is 0.0932. The van der Waals surface area contributed by atoms with Crippen LogP contribution in [-0.2, 0) is 21.4 Å². The number of ether oxygens (including phenoxy) is 3. The first kappa shape index (κ1) is 19.7. The molecule has 0 aliphatic carbocycles. The van der Waals surface area contributed by atoms with Gasteiger partial charge in [0.2, 0.25) is 10.0 Å². The number of benzene rings is 2. The topological polar surface area (TPSA) is 65.1 Å². The lowest BCUT2D eigenvalue weighted by Gasteiger charge is -2.17. The number of nitrogens with zero attached hydrogens (tertiary/aromatic N) is 1. The molecule has 0 bridgehead atoms. The van der Waals surface area contributed by atoms with Crippen molar-refractivity contribution in [2.24, 2.45) is 0 Å². The van der Waals surface area contributed by atoms with Gasteiger partial charge in [0, 0.05) is 31.7 Å². The lowest BCUT2D eigenvalue weighted by molar-refractivity contribution is 0.0482. The third-order valence-corrected chi connectivity index (χ3v) is 6.10. The van der Waals surface area contributed by atoms with E-state index < -0.39 is 10.0 Å². The Morgan fingerprint density at radius 3 is 2.28 bits per heavy atom. The number of halogens is 1. The van der Waals surface area contributed by atoms with Crippen LogP contribution in [0.3, 0.4) is 0 Å². The Bertz CT molecular complexity index is 809. The van der Waals surface area contributed by atoms with Crippen LogP contribution < -0.4 is 9.47 Å². The molecular formula is C17H20BrNO5S. The second-order valence-corrected chi connectivity index (χ2v) is 8.32. The Hall–Kier alpha value is -1.61. The van der Waals surface area contributed by atoms with Gasteiger partial charge in [0.05, 0.1) is 0 Å². The molecule has 0 radical (unpaired) electrons. The number of hydrogen-bond acceptors (Lipinski definition) is 5. The van der Waals surface area contributed by atoms with E-state index in [2.05, 4.69) is 15.9 Å². The third-order valence-electron chi connectivity index (χ3n) is 3.33. The van der Waals surface area contributed by atoms with Gasteiger partial charge in [-0.1, -0.05) is 30.3 Å². The highest BCUT2D eigenvalue weighted by Gasteiger charge is 2.23. The van der Waals surface area contributed by atoms with Crippen LogP contribution in [0.5, 0.6) is 11.5 Å². The van der Waals surface area contributed by atoms with Gasteiger partial charge in [0.1, 0.15) is 11.5 Å². The number of methoxy groups -OCH3 is 1. The van der Waals surface area contributed by atoms with Crippen LogP contribution in [0.15, 0.2) is 51.8 Å². The van der Waals surface area contributed by atoms with E-state index in [1.54, 1.807) is 6.07 Å². The molecule has 0 heterocycles. The summed E-state index contributed by atoms with van der Waals surface area (Å²) in [6, 6.07) is 12.7. The molecule has 0 spiro atoms. The van der Waals surface area contributed by atoms with Gasteiger partial charge in [-0.2, -0.15) is 0 Å². The summed E-state index contributed by atoms with van der Waals surface area (Å²) in [7, 11) is 0.797. The van der Waals surface area contributed by atoms with E-state index in [0.717, 1.165) is 9.87 Å². The third kappa shape index (κ3) is 4.94. The van der Waals surface area contributed by atoms with Gasteiger partial charge in [-0.25, -0.2) is 12.7 Å². The first-order chi connectivity index (χ1) is 11.9. The zero-order valence-corrected chi connectivity index (χ0v) is 16.6. The van der Waals surface area contributed by atoms with Crippen molar-refractivity contribution in [2.45, 2.75) is 11.5 Å². The van der Waals surface area contributed by atoms with Gasteiger partial charge >= 0.3 is 0 Å². The average molecular weight is 430 g/mol. The van der Waals surface area contributed by atoms with Gasteiger partial charge in [-0.15, -0.1) is 0 Å². The molecule has 6 nitrogen and oxygen atoms in total. The van der Waals surface area contributed by atoms with E-state index in [4.69, 9.17) is 14.2 Å². The van der Waals surface area contributed by atoms with Crippen LogP contribution in [-0.4, -0.2) is 40.7 Å². The molecule has 0 fully saturated rings. The molecule has 0 saturated carbocycles. The van der Waals surface area contributed by atoms with Crippen LogP contribution in [0.25, 0.3) is 0 Å². The predicted molar refractivity (Wildman–Crippen MR) is 98.3 cm³/mol. The van der Waals surface area contributed by atoms with Crippen molar-refractivity contribution in [2.75, 3.05) is 28.0 Å². The maximum Gasteiger partial charge on any atom is 0.243 e. The molecule has 136 valence electrons. The lowest BCUT2D eigenvalue weighted by Crippen LogP contribution is -2.22. The molecule has 2 aromatic rings. The summed E-state index contributed by atoms with van der Waals surface area (Å²) in [5.41, 5.74) is 0.987. The largest absolute Gasteiger partial charge is 0.485 e. The molecule has 0 aliphatic rings. The Balaban J connectivity index is 2.36. The molecule has 2 aromatic carbocycles. The van der Waals surface area contributed by atoms with Crippen molar-refractivity contribution in [3.63, 3.8) is 0 Å². The summed E-state index contributed by atoms with van der Waals surface area (Å²) in [6.45, 7) is 0.307. The van der Waals surface area contributed by atoms with Gasteiger partial charge < -0.3 is 14.2 Å². The summed E-state index contributed by atoms with van der Waals surface area (Å²) < 4.78 is 42.6. The lowest BCUT2D eigenvalue weighted by atomic mass is 10.2. The standard InChI is InChI=1S/C17H20BrNO5S/c1-19(2)25(20,21)17-10-16(24-12-22-3)15(9-14(17)18)23-11-13-7-5-4-6-8-13/h4-10H,11-12H2,1-3H3. The van der Waals surface area contributed by atoms with Crippen molar-refractivity contribution < 1.29 is 22.6 Å². The van der Waals surface area contributed by atoms with Crippen LogP contribution >= 0.6 is 15.9 Å². The number of rotatable bonds is 8. The Morgan fingerprint density at radius 1 is 1.04 bits per heavy atom. The maximum atomic E-state index is 12.4. The first-order valence-corrected chi connectivity index (χ1v) is 9.64. The predicted octanol–water partition coefficient (Wildman–Crippen LogP) is 3.26. The minimum Gasteiger partial charge on any atom is -0.485 e. The fourth-order valence-corrected chi connectivity index (χ4v) is 3.88.